The van der Waals surface area contributed by atoms with Crippen LogP contribution in [-0.2, 0) is 11.8 Å². The zero-order valence-electron chi connectivity index (χ0n) is 8.44. The Morgan fingerprint density at radius 1 is 1.67 bits per heavy atom. The van der Waals surface area contributed by atoms with Gasteiger partial charge in [-0.1, -0.05) is 11.8 Å². The lowest BCUT2D eigenvalue weighted by Gasteiger charge is -2.07. The molecule has 15 heavy (non-hydrogen) atoms. The Bertz CT molecular complexity index is 489. The first-order valence-corrected chi connectivity index (χ1v) is 5.43. The standard InChI is InChI=1S/C8H11N3O3S/c1-8(3-14-8)4-15-7-9-5(12)6(13)10-11(7)2/h3-4H2,1-2H3,(H,10,13). The van der Waals surface area contributed by atoms with Gasteiger partial charge in [0.05, 0.1) is 12.2 Å². The second-order valence-corrected chi connectivity index (χ2v) is 4.67. The molecule has 0 amide bonds. The summed E-state index contributed by atoms with van der Waals surface area (Å²) in [5, 5.41) is 2.88. The van der Waals surface area contributed by atoms with E-state index < -0.39 is 11.1 Å². The molecule has 1 aromatic rings. The van der Waals surface area contributed by atoms with Gasteiger partial charge in [-0.15, -0.1) is 0 Å². The van der Waals surface area contributed by atoms with E-state index in [1.165, 1.54) is 16.4 Å². The lowest BCUT2D eigenvalue weighted by Crippen LogP contribution is -2.34. The number of H-pyrrole nitrogens is 1. The van der Waals surface area contributed by atoms with Crippen molar-refractivity contribution in [2.75, 3.05) is 12.4 Å². The van der Waals surface area contributed by atoms with Crippen LogP contribution < -0.4 is 11.1 Å². The first-order valence-electron chi connectivity index (χ1n) is 4.44. The summed E-state index contributed by atoms with van der Waals surface area (Å²) >= 11 is 1.40. The van der Waals surface area contributed by atoms with Gasteiger partial charge in [-0.25, -0.2) is 0 Å². The molecule has 0 spiro atoms. The van der Waals surface area contributed by atoms with Crippen molar-refractivity contribution in [1.29, 1.82) is 0 Å². The molecule has 0 radical (unpaired) electrons. The molecular weight excluding hydrogens is 218 g/mol. The zero-order valence-corrected chi connectivity index (χ0v) is 9.26. The molecule has 82 valence electrons. The van der Waals surface area contributed by atoms with E-state index in [1.54, 1.807) is 7.05 Å². The summed E-state index contributed by atoms with van der Waals surface area (Å²) in [7, 11) is 1.65. The minimum atomic E-state index is -0.752. The highest BCUT2D eigenvalue weighted by Gasteiger charge is 2.39. The Balaban J connectivity index is 2.17. The van der Waals surface area contributed by atoms with Gasteiger partial charge in [-0.3, -0.25) is 19.4 Å². The smallest absolute Gasteiger partial charge is 0.339 e. The van der Waals surface area contributed by atoms with Gasteiger partial charge < -0.3 is 4.74 Å². The maximum atomic E-state index is 11.0. The van der Waals surface area contributed by atoms with E-state index in [1.807, 2.05) is 6.92 Å². The lowest BCUT2D eigenvalue weighted by atomic mass is 10.3. The van der Waals surface area contributed by atoms with Crippen molar-refractivity contribution in [3.05, 3.63) is 20.7 Å². The average Bonchev–Trinajstić information content (AvgIpc) is 2.89. The average molecular weight is 229 g/mol. The number of aromatic amines is 1. The Morgan fingerprint density at radius 3 is 2.93 bits per heavy atom. The number of nitrogens with zero attached hydrogens (tertiary/aromatic N) is 2. The second-order valence-electron chi connectivity index (χ2n) is 3.73. The molecule has 0 bridgehead atoms. The predicted octanol–water partition coefficient (Wildman–Crippen LogP) is -0.650. The minimum absolute atomic E-state index is 0.0987. The van der Waals surface area contributed by atoms with Crippen LogP contribution in [0.4, 0.5) is 0 Å². The van der Waals surface area contributed by atoms with Crippen LogP contribution in [0.2, 0.25) is 0 Å². The molecule has 1 N–H and O–H groups in total. The Kier molecular flexibility index (Phi) is 2.43. The summed E-state index contributed by atoms with van der Waals surface area (Å²) in [6, 6.07) is 0. The van der Waals surface area contributed by atoms with Crippen LogP contribution in [0.3, 0.4) is 0 Å². The molecule has 1 aromatic heterocycles. The highest BCUT2D eigenvalue weighted by Crippen LogP contribution is 2.31. The van der Waals surface area contributed by atoms with E-state index in [0.29, 0.717) is 5.16 Å². The number of epoxide rings is 1. The largest absolute Gasteiger partial charge is 0.369 e. The van der Waals surface area contributed by atoms with Crippen molar-refractivity contribution in [2.45, 2.75) is 17.7 Å². The molecule has 1 atom stereocenters. The SMILES string of the molecule is Cn1[nH]c(=O)c(=O)nc1SCC1(C)CO1. The van der Waals surface area contributed by atoms with Crippen LogP contribution in [0.1, 0.15) is 6.92 Å². The van der Waals surface area contributed by atoms with Crippen LogP contribution in [0, 0.1) is 0 Å². The van der Waals surface area contributed by atoms with Crippen LogP contribution in [0.15, 0.2) is 14.7 Å². The highest BCUT2D eigenvalue weighted by atomic mass is 32.2. The fourth-order valence-corrected chi connectivity index (χ4v) is 2.00. The van der Waals surface area contributed by atoms with Gasteiger partial charge in [0.25, 0.3) is 0 Å². The second kappa shape index (κ2) is 3.49. The number of hydrogen-bond acceptors (Lipinski definition) is 5. The highest BCUT2D eigenvalue weighted by molar-refractivity contribution is 7.99. The molecular formula is C8H11N3O3S. The van der Waals surface area contributed by atoms with Crippen molar-refractivity contribution in [2.24, 2.45) is 7.05 Å². The third kappa shape index (κ3) is 2.29. The molecule has 1 aliphatic heterocycles. The Morgan fingerprint density at radius 2 is 2.33 bits per heavy atom. The maximum absolute atomic E-state index is 11.0. The van der Waals surface area contributed by atoms with Gasteiger partial charge in [0.1, 0.15) is 0 Å². The van der Waals surface area contributed by atoms with Gasteiger partial charge in [0.15, 0.2) is 5.16 Å². The van der Waals surface area contributed by atoms with Crippen LogP contribution in [0.25, 0.3) is 0 Å². The third-order valence-corrected chi connectivity index (χ3v) is 3.47. The van der Waals surface area contributed by atoms with Crippen molar-refractivity contribution >= 4 is 11.8 Å². The number of hydrogen-bond donors (Lipinski definition) is 1. The van der Waals surface area contributed by atoms with Crippen LogP contribution in [0.5, 0.6) is 0 Å². The molecule has 1 unspecified atom stereocenters. The number of ether oxygens (including phenoxy) is 1. The molecule has 7 heteroatoms. The first-order chi connectivity index (χ1) is 7.00. The normalized spacial score (nSPS) is 24.1. The number of aryl methyl sites for hydroxylation is 1. The predicted molar refractivity (Wildman–Crippen MR) is 55.2 cm³/mol. The molecule has 0 aromatic carbocycles. The van der Waals surface area contributed by atoms with Crippen molar-refractivity contribution in [1.82, 2.24) is 14.8 Å². The fraction of sp³-hybridized carbons (Fsp3) is 0.625. The number of rotatable bonds is 3. The van der Waals surface area contributed by atoms with Gasteiger partial charge in [0.2, 0.25) is 0 Å². The summed E-state index contributed by atoms with van der Waals surface area (Å²) < 4.78 is 6.65. The molecule has 2 rings (SSSR count). The molecule has 2 heterocycles. The summed E-state index contributed by atoms with van der Waals surface area (Å²) in [5.41, 5.74) is -1.55. The summed E-state index contributed by atoms with van der Waals surface area (Å²) in [5.74, 6) is 0.722. The van der Waals surface area contributed by atoms with Gasteiger partial charge in [-0.2, -0.15) is 4.98 Å². The fourth-order valence-electron chi connectivity index (χ4n) is 1.01. The number of aromatic nitrogens is 3. The summed E-state index contributed by atoms with van der Waals surface area (Å²) in [4.78, 5) is 25.6. The van der Waals surface area contributed by atoms with E-state index >= 15 is 0 Å². The minimum Gasteiger partial charge on any atom is -0.369 e. The molecule has 6 nitrogen and oxygen atoms in total. The number of thioether (sulfide) groups is 1. The number of nitrogens with one attached hydrogen (secondary N) is 1. The van der Waals surface area contributed by atoms with E-state index in [4.69, 9.17) is 4.74 Å². The van der Waals surface area contributed by atoms with Gasteiger partial charge in [-0.05, 0) is 6.92 Å². The third-order valence-electron chi connectivity index (χ3n) is 2.09. The molecule has 1 aliphatic rings. The van der Waals surface area contributed by atoms with E-state index in [0.717, 1.165) is 12.4 Å². The molecule has 0 saturated carbocycles. The van der Waals surface area contributed by atoms with E-state index in [9.17, 15) is 9.59 Å². The van der Waals surface area contributed by atoms with Gasteiger partial charge >= 0.3 is 11.1 Å². The maximum Gasteiger partial charge on any atom is 0.339 e. The Labute approximate surface area is 89.6 Å². The Hall–Kier alpha value is -1.08. The van der Waals surface area contributed by atoms with Gasteiger partial charge in [0, 0.05) is 12.8 Å². The van der Waals surface area contributed by atoms with Crippen molar-refractivity contribution in [3.63, 3.8) is 0 Å². The first kappa shape index (κ1) is 10.4. The van der Waals surface area contributed by atoms with Crippen molar-refractivity contribution < 1.29 is 4.74 Å². The zero-order chi connectivity index (χ0) is 11.1. The van der Waals surface area contributed by atoms with Crippen LogP contribution in [-0.4, -0.2) is 32.7 Å². The van der Waals surface area contributed by atoms with E-state index in [-0.39, 0.29) is 5.60 Å². The summed E-state index contributed by atoms with van der Waals surface area (Å²) in [6.45, 7) is 2.72. The molecule has 1 saturated heterocycles. The quantitative estimate of drug-likeness (QED) is 0.423. The summed E-state index contributed by atoms with van der Waals surface area (Å²) in [6.07, 6.45) is 0. The monoisotopic (exact) mass is 229 g/mol. The van der Waals surface area contributed by atoms with Crippen LogP contribution >= 0.6 is 11.8 Å². The topological polar surface area (TPSA) is 80.3 Å². The van der Waals surface area contributed by atoms with E-state index in [2.05, 4.69) is 10.1 Å². The molecule has 0 aliphatic carbocycles. The molecule has 1 fully saturated rings. The van der Waals surface area contributed by atoms with Crippen molar-refractivity contribution in [3.8, 4) is 0 Å². The lowest BCUT2D eigenvalue weighted by molar-refractivity contribution is 0.348.